The van der Waals surface area contributed by atoms with Crippen LogP contribution in [-0.4, -0.2) is 9.38 Å². The van der Waals surface area contributed by atoms with E-state index in [-0.39, 0.29) is 11.1 Å². The predicted octanol–water partition coefficient (Wildman–Crippen LogP) is 3.02. The Hall–Kier alpha value is -2.67. The molecule has 0 aliphatic heterocycles. The van der Waals surface area contributed by atoms with Gasteiger partial charge in [-0.2, -0.15) is 10.2 Å². The van der Waals surface area contributed by atoms with Crippen molar-refractivity contribution in [3.63, 3.8) is 0 Å². The molecule has 0 fully saturated rings. The van der Waals surface area contributed by atoms with Gasteiger partial charge >= 0.3 is 5.69 Å². The molecule has 21 heavy (non-hydrogen) atoms. The van der Waals surface area contributed by atoms with Gasteiger partial charge in [0, 0.05) is 11.6 Å². The molecule has 0 unspecified atom stereocenters. The molecular weight excluding hydrogens is 262 g/mol. The second-order valence-corrected chi connectivity index (χ2v) is 6.13. The number of hydrogen-bond acceptors (Lipinski definition) is 3. The Labute approximate surface area is 122 Å². The van der Waals surface area contributed by atoms with Crippen molar-refractivity contribution in [3.05, 3.63) is 58.1 Å². The summed E-state index contributed by atoms with van der Waals surface area (Å²) in [7, 11) is 0. The van der Waals surface area contributed by atoms with Crippen LogP contribution in [-0.2, 0) is 5.41 Å². The van der Waals surface area contributed by atoms with Gasteiger partial charge in [0.15, 0.2) is 0 Å². The summed E-state index contributed by atoms with van der Waals surface area (Å²) in [6, 6.07) is 11.5. The van der Waals surface area contributed by atoms with Crippen molar-refractivity contribution in [2.24, 2.45) is 0 Å². The lowest BCUT2D eigenvalue weighted by Gasteiger charge is -2.20. The normalized spacial score (nSPS) is 11.7. The van der Waals surface area contributed by atoms with Crippen molar-refractivity contribution in [3.8, 4) is 6.07 Å². The van der Waals surface area contributed by atoms with E-state index in [4.69, 9.17) is 0 Å². The Morgan fingerprint density at radius 2 is 2.00 bits per heavy atom. The lowest BCUT2D eigenvalue weighted by atomic mass is 9.85. The second-order valence-electron chi connectivity index (χ2n) is 6.13. The molecule has 0 saturated carbocycles. The topological polar surface area (TPSA) is 58.2 Å². The van der Waals surface area contributed by atoms with Gasteiger partial charge in [-0.3, -0.25) is 4.40 Å². The average Bonchev–Trinajstić information content (AvgIpc) is 2.45. The molecule has 0 atom stereocenters. The third-order valence-corrected chi connectivity index (χ3v) is 3.64. The van der Waals surface area contributed by atoms with Crippen LogP contribution in [0.25, 0.3) is 16.4 Å². The van der Waals surface area contributed by atoms with Gasteiger partial charge in [0.25, 0.3) is 0 Å². The summed E-state index contributed by atoms with van der Waals surface area (Å²) < 4.78 is 1.47. The van der Waals surface area contributed by atoms with E-state index in [2.05, 4.69) is 31.8 Å². The molecule has 3 aromatic rings. The predicted molar refractivity (Wildman–Crippen MR) is 82.4 cm³/mol. The van der Waals surface area contributed by atoms with Crippen molar-refractivity contribution >= 4 is 16.4 Å². The molecule has 0 radical (unpaired) electrons. The van der Waals surface area contributed by atoms with Crippen LogP contribution in [0.2, 0.25) is 0 Å². The summed E-state index contributed by atoms with van der Waals surface area (Å²) in [4.78, 5) is 16.3. The van der Waals surface area contributed by atoms with Crippen molar-refractivity contribution in [1.82, 2.24) is 9.38 Å². The third-order valence-electron chi connectivity index (χ3n) is 3.64. The Kier molecular flexibility index (Phi) is 2.80. The van der Waals surface area contributed by atoms with Crippen LogP contribution in [0.5, 0.6) is 0 Å². The van der Waals surface area contributed by atoms with Crippen LogP contribution in [0.3, 0.4) is 0 Å². The highest BCUT2D eigenvalue weighted by atomic mass is 16.1. The fourth-order valence-electron chi connectivity index (χ4n) is 2.48. The summed E-state index contributed by atoms with van der Waals surface area (Å²) in [5.41, 5.74) is 2.41. The number of rotatable bonds is 0. The molecule has 0 saturated heterocycles. The molecule has 0 N–H and O–H groups in total. The summed E-state index contributed by atoms with van der Waals surface area (Å²) in [6.07, 6.45) is 1.67. The first-order valence-electron chi connectivity index (χ1n) is 6.77. The third kappa shape index (κ3) is 2.07. The molecule has 104 valence electrons. The largest absolute Gasteiger partial charge is 0.352 e. The van der Waals surface area contributed by atoms with E-state index < -0.39 is 0 Å². The van der Waals surface area contributed by atoms with Crippen molar-refractivity contribution in [2.75, 3.05) is 0 Å². The van der Waals surface area contributed by atoms with E-state index in [1.54, 1.807) is 12.3 Å². The zero-order valence-electron chi connectivity index (χ0n) is 12.2. The Bertz CT molecular complexity index is 956. The first-order valence-corrected chi connectivity index (χ1v) is 6.77. The van der Waals surface area contributed by atoms with Gasteiger partial charge in [0.05, 0.1) is 22.7 Å². The Morgan fingerprint density at radius 3 is 2.67 bits per heavy atom. The molecule has 3 rings (SSSR count). The maximum Gasteiger partial charge on any atom is 0.352 e. The number of nitrogens with zero attached hydrogens (tertiary/aromatic N) is 3. The zero-order chi connectivity index (χ0) is 15.2. The van der Waals surface area contributed by atoms with Crippen molar-refractivity contribution < 1.29 is 0 Å². The Balaban J connectivity index is 2.57. The minimum Gasteiger partial charge on any atom is -0.267 e. The minimum absolute atomic E-state index is 0.108. The Morgan fingerprint density at radius 1 is 1.24 bits per heavy atom. The van der Waals surface area contributed by atoms with Crippen LogP contribution in [0.1, 0.15) is 31.9 Å². The summed E-state index contributed by atoms with van der Waals surface area (Å²) in [5, 5.41) is 10.2. The van der Waals surface area contributed by atoms with E-state index in [9.17, 15) is 10.1 Å². The van der Waals surface area contributed by atoms with Crippen LogP contribution in [0.4, 0.5) is 0 Å². The smallest absolute Gasteiger partial charge is 0.267 e. The van der Waals surface area contributed by atoms with Crippen molar-refractivity contribution in [1.29, 1.82) is 5.26 Å². The number of nitriles is 1. The maximum absolute atomic E-state index is 12.1. The molecule has 0 amide bonds. The molecule has 0 bridgehead atoms. The van der Waals surface area contributed by atoms with Crippen LogP contribution < -0.4 is 5.69 Å². The minimum atomic E-state index is -0.326. The number of benzene rings is 1. The molecule has 1 aromatic carbocycles. The van der Waals surface area contributed by atoms with Crippen LogP contribution in [0, 0.1) is 11.3 Å². The lowest BCUT2D eigenvalue weighted by Crippen LogP contribution is -2.18. The molecule has 0 aliphatic rings. The molecule has 4 heteroatoms. The number of fused-ring (bicyclic) bond motifs is 3. The molecule has 0 spiro atoms. The lowest BCUT2D eigenvalue weighted by molar-refractivity contribution is 0.590. The highest BCUT2D eigenvalue weighted by Gasteiger charge is 2.18. The van der Waals surface area contributed by atoms with E-state index in [0.717, 1.165) is 10.9 Å². The highest BCUT2D eigenvalue weighted by Crippen LogP contribution is 2.29. The van der Waals surface area contributed by atoms with Gasteiger partial charge in [-0.05, 0) is 35.2 Å². The van der Waals surface area contributed by atoms with Crippen LogP contribution >= 0.6 is 0 Å². The van der Waals surface area contributed by atoms with Gasteiger partial charge in [0.2, 0.25) is 0 Å². The molecule has 0 aliphatic carbocycles. The summed E-state index contributed by atoms with van der Waals surface area (Å²) in [5.74, 6) is 0. The maximum atomic E-state index is 12.1. The average molecular weight is 277 g/mol. The van der Waals surface area contributed by atoms with Gasteiger partial charge in [-0.1, -0.05) is 26.8 Å². The van der Waals surface area contributed by atoms with E-state index in [1.807, 2.05) is 24.3 Å². The fraction of sp³-hybridized carbons (Fsp3) is 0.235. The quantitative estimate of drug-likeness (QED) is 0.593. The number of pyridine rings is 1. The summed E-state index contributed by atoms with van der Waals surface area (Å²) >= 11 is 0. The van der Waals surface area contributed by atoms with Crippen molar-refractivity contribution in [2.45, 2.75) is 26.2 Å². The monoisotopic (exact) mass is 277 g/mol. The standard InChI is InChI=1S/C17H15N3O/c1-17(2,3)12-8-11(10-18)15-13(9-12)19-16(21)20-7-5-4-6-14(15)20/h4-9H,1-3H3. The van der Waals surface area contributed by atoms with Gasteiger partial charge in [-0.15, -0.1) is 0 Å². The second kappa shape index (κ2) is 4.42. The fourth-order valence-corrected chi connectivity index (χ4v) is 2.48. The molecule has 2 aromatic heterocycles. The van der Waals surface area contributed by atoms with Crippen LogP contribution in [0.15, 0.2) is 41.3 Å². The number of aromatic nitrogens is 2. The van der Waals surface area contributed by atoms with Gasteiger partial charge < -0.3 is 0 Å². The highest BCUT2D eigenvalue weighted by molar-refractivity contribution is 5.98. The number of hydrogen-bond donors (Lipinski definition) is 0. The van der Waals surface area contributed by atoms with Gasteiger partial charge in [-0.25, -0.2) is 4.79 Å². The molecule has 2 heterocycles. The van der Waals surface area contributed by atoms with E-state index >= 15 is 0 Å². The summed E-state index contributed by atoms with van der Waals surface area (Å²) in [6.45, 7) is 6.22. The first kappa shape index (κ1) is 13.3. The molecule has 4 nitrogen and oxygen atoms in total. The van der Waals surface area contributed by atoms with E-state index in [1.165, 1.54) is 4.40 Å². The SMILES string of the molecule is CC(C)(C)c1cc(C#N)c2c(c1)nc(=O)n1ccccc21. The first-order chi connectivity index (χ1) is 9.91. The zero-order valence-corrected chi connectivity index (χ0v) is 12.2. The van der Waals surface area contributed by atoms with E-state index in [0.29, 0.717) is 16.6 Å². The molecular formula is C17H15N3O. The van der Waals surface area contributed by atoms with Gasteiger partial charge in [0.1, 0.15) is 0 Å².